The molecular weight excluding hydrogens is 376 g/mol. The normalized spacial score (nSPS) is 10.4. The largest absolute Gasteiger partial charge is 0.497 e. The number of ether oxygens (including phenoxy) is 2. The van der Waals surface area contributed by atoms with Crippen LogP contribution in [0.1, 0.15) is 23.2 Å². The van der Waals surface area contributed by atoms with Crippen molar-refractivity contribution in [1.29, 1.82) is 0 Å². The Bertz CT molecular complexity index is 970. The van der Waals surface area contributed by atoms with Gasteiger partial charge in [-0.3, -0.25) is 9.59 Å². The summed E-state index contributed by atoms with van der Waals surface area (Å²) in [4.78, 5) is 29.1. The van der Waals surface area contributed by atoms with Crippen molar-refractivity contribution in [2.45, 2.75) is 12.8 Å². The maximum atomic E-state index is 12.5. The van der Waals surface area contributed by atoms with Crippen LogP contribution in [0.15, 0.2) is 53.9 Å². The molecule has 0 saturated heterocycles. The van der Waals surface area contributed by atoms with E-state index >= 15 is 0 Å². The van der Waals surface area contributed by atoms with Gasteiger partial charge in [-0.1, -0.05) is 30.3 Å². The lowest BCUT2D eigenvalue weighted by Crippen LogP contribution is -2.13. The number of methoxy groups -OCH3 is 2. The Hall–Kier alpha value is -3.19. The Kier molecular flexibility index (Phi) is 6.39. The van der Waals surface area contributed by atoms with Gasteiger partial charge in [0.1, 0.15) is 11.5 Å². The Balaban J connectivity index is 1.59. The molecule has 0 fully saturated rings. The van der Waals surface area contributed by atoms with Gasteiger partial charge in [-0.25, -0.2) is 4.98 Å². The summed E-state index contributed by atoms with van der Waals surface area (Å²) in [6.45, 7) is 0. The Morgan fingerprint density at radius 2 is 1.82 bits per heavy atom. The molecule has 144 valence electrons. The fourth-order valence-corrected chi connectivity index (χ4v) is 3.38. The zero-order chi connectivity index (χ0) is 19.9. The van der Waals surface area contributed by atoms with Crippen molar-refractivity contribution < 1.29 is 19.1 Å². The molecule has 1 N–H and O–H groups in total. The van der Waals surface area contributed by atoms with Gasteiger partial charge in [0.2, 0.25) is 5.91 Å². The SMILES string of the molecule is COc1ccc(OC)c(C(=O)CCC(=O)Nc2nc(-c3ccccc3)cs2)c1. The third-order valence-electron chi connectivity index (χ3n) is 4.11. The van der Waals surface area contributed by atoms with Crippen LogP contribution < -0.4 is 14.8 Å². The molecule has 3 rings (SSSR count). The van der Waals surface area contributed by atoms with Crippen molar-refractivity contribution in [3.8, 4) is 22.8 Å². The highest BCUT2D eigenvalue weighted by Crippen LogP contribution is 2.26. The number of carbonyl (C=O) groups excluding carboxylic acids is 2. The van der Waals surface area contributed by atoms with Gasteiger partial charge in [0.05, 0.1) is 25.5 Å². The molecule has 6 nitrogen and oxygen atoms in total. The Labute approximate surface area is 167 Å². The first-order chi connectivity index (χ1) is 13.6. The van der Waals surface area contributed by atoms with Gasteiger partial charge in [-0.15, -0.1) is 11.3 Å². The third kappa shape index (κ3) is 4.75. The lowest BCUT2D eigenvalue weighted by atomic mass is 10.0. The van der Waals surface area contributed by atoms with Crippen LogP contribution in [-0.2, 0) is 4.79 Å². The molecule has 0 bridgehead atoms. The minimum atomic E-state index is -0.260. The predicted octanol–water partition coefficient (Wildman–Crippen LogP) is 4.43. The second-order valence-corrected chi connectivity index (χ2v) is 6.80. The van der Waals surface area contributed by atoms with Gasteiger partial charge < -0.3 is 14.8 Å². The lowest BCUT2D eigenvalue weighted by molar-refractivity contribution is -0.116. The standard InChI is InChI=1S/C21H20N2O4S/c1-26-15-8-10-19(27-2)16(12-15)18(24)9-11-20(25)23-21-22-17(13-28-21)14-6-4-3-5-7-14/h3-8,10,12-13H,9,11H2,1-2H3,(H,22,23,25). The molecule has 0 unspecified atom stereocenters. The second-order valence-electron chi connectivity index (χ2n) is 5.94. The van der Waals surface area contributed by atoms with Crippen molar-refractivity contribution in [1.82, 2.24) is 4.98 Å². The predicted molar refractivity (Wildman–Crippen MR) is 109 cm³/mol. The van der Waals surface area contributed by atoms with E-state index in [2.05, 4.69) is 10.3 Å². The summed E-state index contributed by atoms with van der Waals surface area (Å²) in [6.07, 6.45) is 0.117. The topological polar surface area (TPSA) is 77.5 Å². The summed E-state index contributed by atoms with van der Waals surface area (Å²) in [5, 5.41) is 5.15. The van der Waals surface area contributed by atoms with Crippen molar-refractivity contribution in [2.24, 2.45) is 0 Å². The lowest BCUT2D eigenvalue weighted by Gasteiger charge is -2.09. The molecule has 1 aromatic heterocycles. The number of nitrogens with one attached hydrogen (secondary N) is 1. The molecule has 0 atom stereocenters. The first kappa shape index (κ1) is 19.6. The van der Waals surface area contributed by atoms with Crippen molar-refractivity contribution in [3.05, 3.63) is 59.5 Å². The number of nitrogens with zero attached hydrogens (tertiary/aromatic N) is 1. The van der Waals surface area contributed by atoms with Gasteiger partial charge in [-0.05, 0) is 18.2 Å². The van der Waals surface area contributed by atoms with Crippen molar-refractivity contribution in [3.63, 3.8) is 0 Å². The van der Waals surface area contributed by atoms with Crippen LogP contribution in [-0.4, -0.2) is 30.9 Å². The van der Waals surface area contributed by atoms with E-state index < -0.39 is 0 Å². The number of thiazole rings is 1. The molecular formula is C21H20N2O4S. The molecule has 0 spiro atoms. The molecule has 0 aliphatic carbocycles. The molecule has 28 heavy (non-hydrogen) atoms. The number of rotatable bonds is 8. The summed E-state index contributed by atoms with van der Waals surface area (Å²) < 4.78 is 10.4. The van der Waals surface area contributed by atoms with Crippen LogP contribution in [0.25, 0.3) is 11.3 Å². The number of amides is 1. The summed E-state index contributed by atoms with van der Waals surface area (Å²) in [7, 11) is 3.03. The number of Topliss-reactive ketones (excluding diaryl/α,β-unsaturated/α-hetero) is 1. The Morgan fingerprint density at radius 3 is 2.54 bits per heavy atom. The maximum Gasteiger partial charge on any atom is 0.226 e. The van der Waals surface area contributed by atoms with Crippen LogP contribution >= 0.6 is 11.3 Å². The monoisotopic (exact) mass is 396 g/mol. The number of hydrogen-bond donors (Lipinski definition) is 1. The highest BCUT2D eigenvalue weighted by Gasteiger charge is 2.16. The minimum Gasteiger partial charge on any atom is -0.497 e. The maximum absolute atomic E-state index is 12.5. The van der Waals surface area contributed by atoms with Crippen molar-refractivity contribution >= 4 is 28.2 Å². The van der Waals surface area contributed by atoms with Crippen LogP contribution in [0, 0.1) is 0 Å². The van der Waals surface area contributed by atoms with E-state index in [0.717, 1.165) is 11.3 Å². The van der Waals surface area contributed by atoms with Gasteiger partial charge in [0.15, 0.2) is 10.9 Å². The summed E-state index contributed by atoms with van der Waals surface area (Å²) in [5.74, 6) is 0.572. The van der Waals surface area contributed by atoms with E-state index in [1.165, 1.54) is 25.6 Å². The highest BCUT2D eigenvalue weighted by molar-refractivity contribution is 7.14. The molecule has 1 heterocycles. The van der Waals surface area contributed by atoms with Crippen LogP contribution in [0.2, 0.25) is 0 Å². The fraction of sp³-hybridized carbons (Fsp3) is 0.190. The van der Waals surface area contributed by atoms with E-state index in [9.17, 15) is 9.59 Å². The smallest absolute Gasteiger partial charge is 0.226 e. The van der Waals surface area contributed by atoms with Crippen LogP contribution in [0.5, 0.6) is 11.5 Å². The first-order valence-electron chi connectivity index (χ1n) is 8.66. The molecule has 0 aliphatic rings. The quantitative estimate of drug-likeness (QED) is 0.570. The zero-order valence-corrected chi connectivity index (χ0v) is 16.4. The number of anilines is 1. The summed E-state index contributed by atoms with van der Waals surface area (Å²) in [6, 6.07) is 14.7. The van der Waals surface area contributed by atoms with Crippen LogP contribution in [0.3, 0.4) is 0 Å². The van der Waals surface area contributed by atoms with Gasteiger partial charge in [0, 0.05) is 23.8 Å². The van der Waals surface area contributed by atoms with Gasteiger partial charge in [0.25, 0.3) is 0 Å². The fourth-order valence-electron chi connectivity index (χ4n) is 2.65. The van der Waals surface area contributed by atoms with Gasteiger partial charge in [-0.2, -0.15) is 0 Å². The number of benzene rings is 2. The highest BCUT2D eigenvalue weighted by atomic mass is 32.1. The molecule has 0 saturated carbocycles. The second kappa shape index (κ2) is 9.14. The molecule has 7 heteroatoms. The van der Waals surface area contributed by atoms with Gasteiger partial charge >= 0.3 is 0 Å². The molecule has 3 aromatic rings. The molecule has 0 radical (unpaired) electrons. The number of aromatic nitrogens is 1. The van der Waals surface area contributed by atoms with E-state index in [1.807, 2.05) is 35.7 Å². The molecule has 1 amide bonds. The zero-order valence-electron chi connectivity index (χ0n) is 15.6. The van der Waals surface area contributed by atoms with E-state index in [4.69, 9.17) is 9.47 Å². The molecule has 0 aliphatic heterocycles. The number of ketones is 1. The third-order valence-corrected chi connectivity index (χ3v) is 4.86. The summed E-state index contributed by atoms with van der Waals surface area (Å²) in [5.41, 5.74) is 2.19. The van der Waals surface area contributed by atoms with E-state index in [1.54, 1.807) is 18.2 Å². The number of hydrogen-bond acceptors (Lipinski definition) is 6. The summed E-state index contributed by atoms with van der Waals surface area (Å²) >= 11 is 1.35. The average molecular weight is 396 g/mol. The first-order valence-corrected chi connectivity index (χ1v) is 9.54. The Morgan fingerprint density at radius 1 is 1.04 bits per heavy atom. The van der Waals surface area contributed by atoms with Crippen molar-refractivity contribution in [2.75, 3.05) is 19.5 Å². The number of carbonyl (C=O) groups is 2. The van der Waals surface area contributed by atoms with E-state index in [0.29, 0.717) is 22.2 Å². The minimum absolute atomic E-state index is 0.0550. The molecule has 2 aromatic carbocycles. The van der Waals surface area contributed by atoms with E-state index in [-0.39, 0.29) is 24.5 Å². The average Bonchev–Trinajstić information content (AvgIpc) is 3.20. The van der Waals surface area contributed by atoms with Crippen LogP contribution in [0.4, 0.5) is 5.13 Å².